The van der Waals surface area contributed by atoms with Gasteiger partial charge in [-0.3, -0.25) is 24.5 Å². The van der Waals surface area contributed by atoms with Gasteiger partial charge in [-0.2, -0.15) is 0 Å². The number of benzene rings is 1. The van der Waals surface area contributed by atoms with E-state index in [1.807, 2.05) is 35.2 Å². The maximum atomic E-state index is 13.9. The number of Topliss-reactive ketones (excluding diaryl/α,β-unsaturated/α-hetero) is 2. The Hall–Kier alpha value is -3.14. The number of rotatable bonds is 8. The molecule has 1 saturated heterocycles. The van der Waals surface area contributed by atoms with E-state index < -0.39 is 28.9 Å². The number of ether oxygens (including phenoxy) is 1. The average Bonchev–Trinajstić information content (AvgIpc) is 3.84. The lowest BCUT2D eigenvalue weighted by Crippen LogP contribution is -2.45. The second kappa shape index (κ2) is 9.25. The zero-order chi connectivity index (χ0) is 26.7. The van der Waals surface area contributed by atoms with Gasteiger partial charge in [-0.1, -0.05) is 36.4 Å². The number of nitrogens with zero attached hydrogens (tertiary/aromatic N) is 1. The van der Waals surface area contributed by atoms with Crippen LogP contribution < -0.4 is 16.4 Å². The number of nitrogens with one attached hydrogen (secondary N) is 2. The Labute approximate surface area is 221 Å². The Balaban J connectivity index is 1.28. The van der Waals surface area contributed by atoms with Crippen molar-refractivity contribution in [3.63, 3.8) is 0 Å². The maximum absolute atomic E-state index is 13.9. The Morgan fingerprint density at radius 1 is 1.18 bits per heavy atom. The summed E-state index contributed by atoms with van der Waals surface area (Å²) in [7, 11) is 0. The van der Waals surface area contributed by atoms with Crippen molar-refractivity contribution < 1.29 is 23.9 Å². The third-order valence-electron chi connectivity index (χ3n) is 8.91. The van der Waals surface area contributed by atoms with Gasteiger partial charge >= 0.3 is 0 Å². The minimum atomic E-state index is -1.27. The van der Waals surface area contributed by atoms with Crippen LogP contribution in [0.15, 0.2) is 53.8 Å². The van der Waals surface area contributed by atoms with Crippen LogP contribution in [0.25, 0.3) is 0 Å². The normalized spacial score (nSPS) is 29.9. The first-order valence-corrected chi connectivity index (χ1v) is 13.5. The fraction of sp³-hybridized carbons (Fsp3) is 0.517. The van der Waals surface area contributed by atoms with Crippen molar-refractivity contribution >= 4 is 23.4 Å². The van der Waals surface area contributed by atoms with Crippen LogP contribution >= 0.6 is 0 Å². The molecule has 5 aliphatic rings. The molecule has 1 heterocycles. The molecule has 3 saturated carbocycles. The number of carbonyl (C=O) groups is 4. The van der Waals surface area contributed by atoms with Gasteiger partial charge in [0.15, 0.2) is 17.2 Å². The molecule has 38 heavy (non-hydrogen) atoms. The van der Waals surface area contributed by atoms with E-state index in [0.717, 1.165) is 18.4 Å². The van der Waals surface area contributed by atoms with Gasteiger partial charge < -0.3 is 20.7 Å². The first kappa shape index (κ1) is 25.2. The second-order valence-electron chi connectivity index (χ2n) is 11.5. The lowest BCUT2D eigenvalue weighted by molar-refractivity contribution is -0.142. The number of carbonyl (C=O) groups excluding carboxylic acids is 4. The predicted molar refractivity (Wildman–Crippen MR) is 138 cm³/mol. The molecular formula is C29H34N4O5. The fourth-order valence-electron chi connectivity index (χ4n) is 6.14. The molecule has 0 aromatic heterocycles. The summed E-state index contributed by atoms with van der Waals surface area (Å²) in [6.45, 7) is 2.95. The van der Waals surface area contributed by atoms with E-state index in [1.54, 1.807) is 6.08 Å². The standard InChI is InChI=1S/C29H34N4O5/c1-17(19-7-8-19)33(14-18-5-3-2-4-6-18)23(34)13-20-24-21(29(26(20)36)15-31-16-38-29)9-10-22(25(24)35)32-27(37)28(30)11-12-28/h2-6,9-10,17,19-20,24,31H,7-8,11-16,30H2,1H3,(H,32,37). The van der Waals surface area contributed by atoms with Crippen LogP contribution in [0.3, 0.4) is 0 Å². The smallest absolute Gasteiger partial charge is 0.244 e. The van der Waals surface area contributed by atoms with Crippen LogP contribution in [0.4, 0.5) is 0 Å². The van der Waals surface area contributed by atoms with Crippen molar-refractivity contribution in [3.8, 4) is 0 Å². The van der Waals surface area contributed by atoms with Gasteiger partial charge in [-0.15, -0.1) is 0 Å². The zero-order valence-electron chi connectivity index (χ0n) is 21.6. The van der Waals surface area contributed by atoms with Crippen molar-refractivity contribution in [2.45, 2.75) is 62.8 Å². The van der Waals surface area contributed by atoms with E-state index in [2.05, 4.69) is 17.6 Å². The molecule has 4 fully saturated rings. The third-order valence-corrected chi connectivity index (χ3v) is 8.91. The summed E-state index contributed by atoms with van der Waals surface area (Å²) in [5, 5.41) is 5.77. The molecule has 9 heteroatoms. The van der Waals surface area contributed by atoms with E-state index in [1.165, 1.54) is 6.08 Å². The van der Waals surface area contributed by atoms with Gasteiger partial charge in [0.25, 0.3) is 0 Å². The van der Waals surface area contributed by atoms with Crippen LogP contribution in [0.5, 0.6) is 0 Å². The van der Waals surface area contributed by atoms with E-state index in [4.69, 9.17) is 10.5 Å². The van der Waals surface area contributed by atoms with E-state index in [9.17, 15) is 19.2 Å². The van der Waals surface area contributed by atoms with Gasteiger partial charge in [0, 0.05) is 31.5 Å². The summed E-state index contributed by atoms with van der Waals surface area (Å²) < 4.78 is 5.93. The molecule has 6 rings (SSSR count). The van der Waals surface area contributed by atoms with Gasteiger partial charge in [-0.05, 0) is 55.7 Å². The molecule has 1 aromatic carbocycles. The number of nitrogens with two attached hydrogens (primary N) is 1. The molecule has 200 valence electrons. The Bertz CT molecular complexity index is 1240. The van der Waals surface area contributed by atoms with Crippen molar-refractivity contribution in [1.82, 2.24) is 15.5 Å². The second-order valence-corrected chi connectivity index (χ2v) is 11.5. The maximum Gasteiger partial charge on any atom is 0.244 e. The SMILES string of the molecule is CC(C1CC1)N(Cc1ccccc1)C(=O)CC1C(=O)C2(CNCO2)C2=CC=C(NC(=O)C3(N)CC3)C(=O)C21. The molecule has 4 unspecified atom stereocenters. The van der Waals surface area contributed by atoms with Gasteiger partial charge in [-0.25, -0.2) is 0 Å². The quantitative estimate of drug-likeness (QED) is 0.473. The summed E-state index contributed by atoms with van der Waals surface area (Å²) in [5.74, 6) is -2.47. The number of hydrogen-bond acceptors (Lipinski definition) is 7. The first-order chi connectivity index (χ1) is 18.2. The summed E-state index contributed by atoms with van der Waals surface area (Å²) >= 11 is 0. The fourth-order valence-corrected chi connectivity index (χ4v) is 6.14. The Morgan fingerprint density at radius 3 is 2.55 bits per heavy atom. The van der Waals surface area contributed by atoms with Crippen molar-refractivity contribution in [2.75, 3.05) is 13.3 Å². The molecule has 4 N–H and O–H groups in total. The Morgan fingerprint density at radius 2 is 1.92 bits per heavy atom. The number of allylic oxidation sites excluding steroid dienone is 3. The summed E-state index contributed by atoms with van der Waals surface area (Å²) in [4.78, 5) is 56.0. The summed E-state index contributed by atoms with van der Waals surface area (Å²) in [6, 6.07) is 9.84. The molecule has 0 bridgehead atoms. The lowest BCUT2D eigenvalue weighted by atomic mass is 9.81. The van der Waals surface area contributed by atoms with E-state index >= 15 is 0 Å². The minimum absolute atomic E-state index is 0.0312. The molecule has 4 aliphatic carbocycles. The monoisotopic (exact) mass is 518 g/mol. The number of amides is 2. The van der Waals surface area contributed by atoms with Crippen LogP contribution in [-0.4, -0.2) is 58.7 Å². The number of fused-ring (bicyclic) bond motifs is 2. The lowest BCUT2D eigenvalue weighted by Gasteiger charge is -2.31. The number of ketones is 2. The van der Waals surface area contributed by atoms with Crippen LogP contribution in [-0.2, 0) is 30.5 Å². The van der Waals surface area contributed by atoms with Crippen LogP contribution in [0, 0.1) is 17.8 Å². The molecule has 0 radical (unpaired) electrons. The van der Waals surface area contributed by atoms with Crippen LogP contribution in [0.2, 0.25) is 0 Å². The van der Waals surface area contributed by atoms with Gasteiger partial charge in [0.1, 0.15) is 0 Å². The highest BCUT2D eigenvalue weighted by molar-refractivity contribution is 6.13. The molecule has 2 amide bonds. The van der Waals surface area contributed by atoms with E-state index in [-0.39, 0.29) is 48.9 Å². The highest BCUT2D eigenvalue weighted by Gasteiger charge is 2.62. The number of hydrogen-bond donors (Lipinski definition) is 3. The van der Waals surface area contributed by atoms with Crippen molar-refractivity contribution in [2.24, 2.45) is 23.5 Å². The largest absolute Gasteiger partial charge is 0.346 e. The highest BCUT2D eigenvalue weighted by atomic mass is 16.5. The van der Waals surface area contributed by atoms with Crippen LogP contribution in [0.1, 0.15) is 44.6 Å². The predicted octanol–water partition coefficient (Wildman–Crippen LogP) is 1.34. The topological polar surface area (TPSA) is 131 Å². The summed E-state index contributed by atoms with van der Waals surface area (Å²) in [5.41, 5.74) is 5.51. The van der Waals surface area contributed by atoms with Crippen molar-refractivity contribution in [3.05, 3.63) is 59.3 Å². The van der Waals surface area contributed by atoms with Crippen molar-refractivity contribution in [1.29, 1.82) is 0 Å². The molecule has 1 aliphatic heterocycles. The summed E-state index contributed by atoms with van der Waals surface area (Å²) in [6.07, 6.45) is 6.45. The molecule has 9 nitrogen and oxygen atoms in total. The molecule has 4 atom stereocenters. The van der Waals surface area contributed by atoms with Gasteiger partial charge in [0.05, 0.1) is 23.9 Å². The molecule has 1 spiro atoms. The first-order valence-electron chi connectivity index (χ1n) is 13.5. The zero-order valence-corrected chi connectivity index (χ0v) is 21.6. The molecule has 1 aromatic rings. The average molecular weight is 519 g/mol. The van der Waals surface area contributed by atoms with E-state index in [0.29, 0.717) is 30.9 Å². The highest BCUT2D eigenvalue weighted by Crippen LogP contribution is 2.49. The Kier molecular flexibility index (Phi) is 6.13. The third kappa shape index (κ3) is 4.22. The molecular weight excluding hydrogens is 484 g/mol. The minimum Gasteiger partial charge on any atom is -0.346 e. The van der Waals surface area contributed by atoms with Gasteiger partial charge in [0.2, 0.25) is 11.8 Å².